The van der Waals surface area contributed by atoms with Gasteiger partial charge in [-0.1, -0.05) is 13.3 Å². The van der Waals surface area contributed by atoms with Gasteiger partial charge in [-0.2, -0.15) is 0 Å². The number of benzene rings is 1. The third-order valence-electron chi connectivity index (χ3n) is 2.78. The van der Waals surface area contributed by atoms with Crippen molar-refractivity contribution in [3.63, 3.8) is 0 Å². The van der Waals surface area contributed by atoms with Gasteiger partial charge in [0.1, 0.15) is 5.91 Å². The Hall–Kier alpha value is -1.78. The van der Waals surface area contributed by atoms with Crippen LogP contribution in [-0.4, -0.2) is 28.8 Å². The number of hydroxylamine groups is 2. The first-order valence-corrected chi connectivity index (χ1v) is 6.33. The summed E-state index contributed by atoms with van der Waals surface area (Å²) in [7, 11) is 0. The number of nitrogens with one attached hydrogen (secondary N) is 1. The van der Waals surface area contributed by atoms with Gasteiger partial charge < -0.3 is 14.9 Å². The molecule has 0 aliphatic carbocycles. The average molecular weight is 527 g/mol. The second kappa shape index (κ2) is 8.01. The van der Waals surface area contributed by atoms with Crippen molar-refractivity contribution in [2.24, 2.45) is 0 Å². The SMILES string of the molecule is CCC(=O)Nc1ccc(C(=O)ON2C(=O)[CH-]CC2=O)cc1.[U]. The zero-order valence-corrected chi connectivity index (χ0v) is 16.0. The minimum absolute atomic E-state index is 0. The van der Waals surface area contributed by atoms with Gasteiger partial charge in [0.25, 0.3) is 0 Å². The molecule has 114 valence electrons. The maximum atomic E-state index is 11.8. The number of hydrogen-bond donors (Lipinski definition) is 1. The Morgan fingerprint density at radius 1 is 1.27 bits per heavy atom. The molecule has 0 aromatic heterocycles. The van der Waals surface area contributed by atoms with E-state index in [1.807, 2.05) is 0 Å². The maximum absolute atomic E-state index is 11.8. The number of carbonyl (C=O) groups excluding carboxylic acids is 4. The van der Waals surface area contributed by atoms with Crippen molar-refractivity contribution in [1.29, 1.82) is 0 Å². The summed E-state index contributed by atoms with van der Waals surface area (Å²) >= 11 is 0. The fourth-order valence-electron chi connectivity index (χ4n) is 1.63. The van der Waals surface area contributed by atoms with Gasteiger partial charge in [0, 0.05) is 43.2 Å². The van der Waals surface area contributed by atoms with Gasteiger partial charge in [-0.25, -0.2) is 4.79 Å². The van der Waals surface area contributed by atoms with Crippen LogP contribution in [0.5, 0.6) is 0 Å². The molecule has 1 heterocycles. The molecule has 2 rings (SSSR count). The summed E-state index contributed by atoms with van der Waals surface area (Å²) in [4.78, 5) is 50.4. The maximum Gasteiger partial charge on any atom is 0.363 e. The Kier molecular flexibility index (Phi) is 6.66. The topological polar surface area (TPSA) is 92.8 Å². The summed E-state index contributed by atoms with van der Waals surface area (Å²) in [5.41, 5.74) is 0.706. The number of nitrogens with zero attached hydrogens (tertiary/aromatic N) is 1. The molecule has 7 nitrogen and oxygen atoms in total. The fourth-order valence-corrected chi connectivity index (χ4v) is 1.63. The molecule has 0 spiro atoms. The molecule has 1 N–H and O–H groups in total. The summed E-state index contributed by atoms with van der Waals surface area (Å²) in [5.74, 6) is -2.20. The van der Waals surface area contributed by atoms with E-state index in [9.17, 15) is 19.2 Å². The number of carbonyl (C=O) groups is 4. The van der Waals surface area contributed by atoms with Crippen molar-refractivity contribution >= 4 is 29.4 Å². The van der Waals surface area contributed by atoms with Crippen molar-refractivity contribution in [2.45, 2.75) is 19.8 Å². The standard InChI is InChI=1S/C14H13N2O5.U/c1-2-11(17)15-10-5-3-9(4-6-10)14(20)21-16-12(18)7-8-13(16)19;/h3-7H,2,8H2,1H3,(H,15,17);/q-1;. The van der Waals surface area contributed by atoms with E-state index in [-0.39, 0.29) is 49.0 Å². The molecular weight excluding hydrogens is 514 g/mol. The third kappa shape index (κ3) is 4.36. The van der Waals surface area contributed by atoms with Crippen LogP contribution >= 0.6 is 0 Å². The first-order valence-electron chi connectivity index (χ1n) is 6.33. The summed E-state index contributed by atoms with van der Waals surface area (Å²) in [6.45, 7) is 1.72. The van der Waals surface area contributed by atoms with E-state index in [1.54, 1.807) is 6.92 Å². The van der Waals surface area contributed by atoms with Crippen LogP contribution in [-0.2, 0) is 19.2 Å². The minimum atomic E-state index is -0.819. The first-order chi connectivity index (χ1) is 10.0. The normalized spacial score (nSPS) is 13.2. The van der Waals surface area contributed by atoms with E-state index in [0.717, 1.165) is 6.42 Å². The van der Waals surface area contributed by atoms with Gasteiger partial charge in [0.05, 0.1) is 5.56 Å². The summed E-state index contributed by atoms with van der Waals surface area (Å²) in [6, 6.07) is 5.93. The summed E-state index contributed by atoms with van der Waals surface area (Å²) < 4.78 is 0. The fraction of sp³-hybridized carbons (Fsp3) is 0.214. The molecule has 0 saturated carbocycles. The molecule has 1 aliphatic heterocycles. The third-order valence-corrected chi connectivity index (χ3v) is 2.78. The second-order valence-corrected chi connectivity index (χ2v) is 4.29. The van der Waals surface area contributed by atoms with Gasteiger partial charge in [-0.05, 0) is 24.3 Å². The monoisotopic (exact) mass is 527 g/mol. The van der Waals surface area contributed by atoms with E-state index >= 15 is 0 Å². The Bertz CT molecular complexity index is 584. The molecule has 1 aromatic carbocycles. The van der Waals surface area contributed by atoms with E-state index in [2.05, 4.69) is 5.32 Å². The Labute approximate surface area is 150 Å². The van der Waals surface area contributed by atoms with E-state index in [1.165, 1.54) is 24.3 Å². The van der Waals surface area contributed by atoms with Crippen molar-refractivity contribution in [3.8, 4) is 0 Å². The molecule has 0 atom stereocenters. The summed E-state index contributed by atoms with van der Waals surface area (Å²) in [6.07, 6.45) is 1.41. The largest absolute Gasteiger partial charge is 0.363 e. The van der Waals surface area contributed by atoms with Gasteiger partial charge in [0.15, 0.2) is 0 Å². The van der Waals surface area contributed by atoms with Gasteiger partial charge in [0.2, 0.25) is 11.8 Å². The van der Waals surface area contributed by atoms with Crippen molar-refractivity contribution in [2.75, 3.05) is 5.32 Å². The Balaban J connectivity index is 0.00000242. The molecule has 1 aromatic rings. The average Bonchev–Trinajstić information content (AvgIpc) is 2.79. The molecule has 8 heteroatoms. The van der Waals surface area contributed by atoms with E-state index in [0.29, 0.717) is 17.2 Å². The van der Waals surface area contributed by atoms with Crippen LogP contribution in [0.3, 0.4) is 0 Å². The predicted molar refractivity (Wildman–Crippen MR) is 71.5 cm³/mol. The molecule has 3 amide bonds. The molecule has 1 saturated heterocycles. The number of hydrogen-bond acceptors (Lipinski definition) is 5. The zero-order chi connectivity index (χ0) is 15.4. The van der Waals surface area contributed by atoms with Crippen LogP contribution in [0.15, 0.2) is 24.3 Å². The molecule has 1 fully saturated rings. The van der Waals surface area contributed by atoms with Crippen molar-refractivity contribution in [3.05, 3.63) is 36.2 Å². The number of rotatable bonds is 4. The van der Waals surface area contributed by atoms with Crippen LogP contribution in [0, 0.1) is 37.5 Å². The number of imide groups is 1. The van der Waals surface area contributed by atoms with Crippen LogP contribution in [0.1, 0.15) is 30.1 Å². The van der Waals surface area contributed by atoms with Crippen LogP contribution in [0.4, 0.5) is 5.69 Å². The van der Waals surface area contributed by atoms with E-state index < -0.39 is 17.8 Å². The van der Waals surface area contributed by atoms with Crippen molar-refractivity contribution in [1.82, 2.24) is 5.06 Å². The Morgan fingerprint density at radius 3 is 2.41 bits per heavy atom. The van der Waals surface area contributed by atoms with Gasteiger partial charge in [-0.15, -0.1) is 5.06 Å². The van der Waals surface area contributed by atoms with Crippen LogP contribution in [0.25, 0.3) is 0 Å². The van der Waals surface area contributed by atoms with E-state index in [4.69, 9.17) is 4.84 Å². The number of anilines is 1. The zero-order valence-electron chi connectivity index (χ0n) is 11.8. The molecular formula is C14H13N2O5U-. The quantitative estimate of drug-likeness (QED) is 0.468. The number of amides is 3. The first kappa shape index (κ1) is 18.3. The predicted octanol–water partition coefficient (Wildman–Crippen LogP) is 1.07. The van der Waals surface area contributed by atoms with Gasteiger partial charge >= 0.3 is 5.97 Å². The smallest absolute Gasteiger partial charge is 0.328 e. The Morgan fingerprint density at radius 2 is 1.91 bits per heavy atom. The molecule has 0 bridgehead atoms. The van der Waals surface area contributed by atoms with Crippen LogP contribution < -0.4 is 5.32 Å². The van der Waals surface area contributed by atoms with Gasteiger partial charge in [-0.3, -0.25) is 16.0 Å². The van der Waals surface area contributed by atoms with Crippen LogP contribution in [0.2, 0.25) is 0 Å². The summed E-state index contributed by atoms with van der Waals surface area (Å²) in [5, 5.41) is 3.07. The minimum Gasteiger partial charge on any atom is -0.328 e. The molecule has 1 aliphatic rings. The molecule has 0 unspecified atom stereocenters. The molecule has 22 heavy (non-hydrogen) atoms. The molecule has 0 radical (unpaired) electrons. The second-order valence-electron chi connectivity index (χ2n) is 4.29. The van der Waals surface area contributed by atoms with Crippen molar-refractivity contribution < 1.29 is 55.1 Å².